The van der Waals surface area contributed by atoms with Gasteiger partial charge in [-0.25, -0.2) is 0 Å². The third-order valence-electron chi connectivity index (χ3n) is 4.08. The number of hydrogen-bond donors (Lipinski definition) is 1. The molecule has 0 aromatic heterocycles. The normalized spacial score (nSPS) is 17.9. The highest BCUT2D eigenvalue weighted by atomic mass is 16.3. The van der Waals surface area contributed by atoms with Gasteiger partial charge in [0.1, 0.15) is 0 Å². The monoisotopic (exact) mass is 285 g/mol. The molecule has 1 amide bonds. The summed E-state index contributed by atoms with van der Waals surface area (Å²) in [5.41, 5.74) is 0. The van der Waals surface area contributed by atoms with Crippen molar-refractivity contribution in [1.29, 1.82) is 0 Å². The lowest BCUT2D eigenvalue weighted by molar-refractivity contribution is -0.130. The Balaban J connectivity index is 2.20. The molecule has 20 heavy (non-hydrogen) atoms. The van der Waals surface area contributed by atoms with Crippen molar-refractivity contribution in [2.45, 2.75) is 33.1 Å². The van der Waals surface area contributed by atoms with E-state index in [1.165, 1.54) is 0 Å². The van der Waals surface area contributed by atoms with Crippen molar-refractivity contribution in [2.24, 2.45) is 0 Å². The highest BCUT2D eigenvalue weighted by Gasteiger charge is 2.15. The zero-order valence-corrected chi connectivity index (χ0v) is 13.2. The predicted octanol–water partition coefficient (Wildman–Crippen LogP) is 0.635. The number of hydrogen-bond acceptors (Lipinski definition) is 4. The molecule has 0 aromatic rings. The second-order valence-corrected chi connectivity index (χ2v) is 5.43. The molecule has 118 valence electrons. The Morgan fingerprint density at radius 1 is 1.05 bits per heavy atom. The summed E-state index contributed by atoms with van der Waals surface area (Å²) in [6.45, 7) is 12.0. The summed E-state index contributed by atoms with van der Waals surface area (Å²) in [5, 5.41) is 8.98. The fourth-order valence-electron chi connectivity index (χ4n) is 2.80. The number of carbonyl (C=O) groups excluding carboxylic acids is 1. The summed E-state index contributed by atoms with van der Waals surface area (Å²) in [5.74, 6) is 0.284. The maximum atomic E-state index is 11.9. The fourth-order valence-corrected chi connectivity index (χ4v) is 2.80. The molecule has 0 bridgehead atoms. The lowest BCUT2D eigenvalue weighted by Gasteiger charge is -2.22. The van der Waals surface area contributed by atoms with E-state index < -0.39 is 0 Å². The van der Waals surface area contributed by atoms with Crippen LogP contribution in [0.15, 0.2) is 0 Å². The van der Waals surface area contributed by atoms with Gasteiger partial charge in [-0.3, -0.25) is 9.69 Å². The predicted molar refractivity (Wildman–Crippen MR) is 81.7 cm³/mol. The number of rotatable bonds is 8. The number of β-amino-alcohol motifs (C(OH)–C–C–N with tert-alkyl or cyclic N) is 1. The largest absolute Gasteiger partial charge is 0.395 e. The summed E-state index contributed by atoms with van der Waals surface area (Å²) < 4.78 is 0. The first-order chi connectivity index (χ1) is 9.71. The van der Waals surface area contributed by atoms with Gasteiger partial charge in [-0.1, -0.05) is 0 Å². The van der Waals surface area contributed by atoms with Crippen LogP contribution >= 0.6 is 0 Å². The van der Waals surface area contributed by atoms with Crippen LogP contribution in [0.1, 0.15) is 33.1 Å². The summed E-state index contributed by atoms with van der Waals surface area (Å²) in [7, 11) is 0. The molecule has 5 nitrogen and oxygen atoms in total. The van der Waals surface area contributed by atoms with E-state index in [0.29, 0.717) is 6.42 Å². The van der Waals surface area contributed by atoms with Crippen molar-refractivity contribution in [3.05, 3.63) is 0 Å². The number of amides is 1. The lowest BCUT2D eigenvalue weighted by Crippen LogP contribution is -2.34. The van der Waals surface area contributed by atoms with Gasteiger partial charge in [0, 0.05) is 39.1 Å². The molecule has 1 rings (SSSR count). The van der Waals surface area contributed by atoms with Crippen LogP contribution in [0.5, 0.6) is 0 Å². The van der Waals surface area contributed by atoms with Crippen molar-refractivity contribution >= 4 is 5.91 Å². The van der Waals surface area contributed by atoms with Crippen molar-refractivity contribution in [3.8, 4) is 0 Å². The van der Waals surface area contributed by atoms with E-state index in [0.717, 1.165) is 65.2 Å². The summed E-state index contributed by atoms with van der Waals surface area (Å²) in [6.07, 6.45) is 2.78. The Morgan fingerprint density at radius 2 is 1.65 bits per heavy atom. The third kappa shape index (κ3) is 6.20. The van der Waals surface area contributed by atoms with Gasteiger partial charge in [0.15, 0.2) is 0 Å². The lowest BCUT2D eigenvalue weighted by atomic mass is 10.2. The molecule has 0 radical (unpaired) electrons. The van der Waals surface area contributed by atoms with Gasteiger partial charge in [-0.05, 0) is 46.3 Å². The van der Waals surface area contributed by atoms with E-state index in [4.69, 9.17) is 5.11 Å². The molecular weight excluding hydrogens is 254 g/mol. The van der Waals surface area contributed by atoms with E-state index in [-0.39, 0.29) is 12.5 Å². The van der Waals surface area contributed by atoms with Crippen LogP contribution < -0.4 is 0 Å². The molecule has 1 aliphatic heterocycles. The van der Waals surface area contributed by atoms with Crippen LogP contribution in [0, 0.1) is 0 Å². The molecule has 1 N–H and O–H groups in total. The SMILES string of the molecule is CCN(CC)C(=O)CCCN1CCCN(CCO)CC1. The van der Waals surface area contributed by atoms with E-state index in [1.807, 2.05) is 18.7 Å². The average molecular weight is 285 g/mol. The summed E-state index contributed by atoms with van der Waals surface area (Å²) in [6, 6.07) is 0. The number of nitrogens with zero attached hydrogens (tertiary/aromatic N) is 3. The van der Waals surface area contributed by atoms with Crippen molar-refractivity contribution in [3.63, 3.8) is 0 Å². The fraction of sp³-hybridized carbons (Fsp3) is 0.933. The third-order valence-corrected chi connectivity index (χ3v) is 4.08. The van der Waals surface area contributed by atoms with Crippen LogP contribution in [0.3, 0.4) is 0 Å². The van der Waals surface area contributed by atoms with Crippen LogP contribution in [0.2, 0.25) is 0 Å². The van der Waals surface area contributed by atoms with Crippen molar-refractivity contribution in [1.82, 2.24) is 14.7 Å². The molecule has 1 heterocycles. The van der Waals surface area contributed by atoms with Gasteiger partial charge < -0.3 is 14.9 Å². The standard InChI is InChI=1S/C15H31N3O2/c1-3-18(4-2)15(20)7-5-8-16-9-6-10-17(12-11-16)13-14-19/h19H,3-14H2,1-2H3. The van der Waals surface area contributed by atoms with Gasteiger partial charge in [0.05, 0.1) is 6.61 Å². The molecule has 1 fully saturated rings. The number of aliphatic hydroxyl groups excluding tert-OH is 1. The molecule has 0 unspecified atom stereocenters. The molecule has 0 aliphatic carbocycles. The van der Waals surface area contributed by atoms with E-state index >= 15 is 0 Å². The molecule has 0 saturated carbocycles. The Bertz CT molecular complexity index is 270. The van der Waals surface area contributed by atoms with Crippen LogP contribution in [0.25, 0.3) is 0 Å². The number of carbonyl (C=O) groups is 1. The van der Waals surface area contributed by atoms with Crippen LogP contribution in [-0.2, 0) is 4.79 Å². The quantitative estimate of drug-likeness (QED) is 0.711. The molecule has 1 saturated heterocycles. The zero-order valence-electron chi connectivity index (χ0n) is 13.2. The first-order valence-corrected chi connectivity index (χ1v) is 8.04. The van der Waals surface area contributed by atoms with Crippen molar-refractivity contribution < 1.29 is 9.90 Å². The molecule has 1 aliphatic rings. The second-order valence-electron chi connectivity index (χ2n) is 5.43. The molecular formula is C15H31N3O2. The first kappa shape index (κ1) is 17.4. The van der Waals surface area contributed by atoms with Crippen molar-refractivity contribution in [2.75, 3.05) is 59.0 Å². The molecule has 0 spiro atoms. The van der Waals surface area contributed by atoms with Gasteiger partial charge in [0.25, 0.3) is 0 Å². The molecule has 5 heteroatoms. The minimum absolute atomic E-state index is 0.248. The van der Waals surface area contributed by atoms with E-state index in [1.54, 1.807) is 0 Å². The van der Waals surface area contributed by atoms with E-state index in [9.17, 15) is 4.79 Å². The summed E-state index contributed by atoms with van der Waals surface area (Å²) >= 11 is 0. The smallest absolute Gasteiger partial charge is 0.222 e. The zero-order chi connectivity index (χ0) is 14.8. The minimum Gasteiger partial charge on any atom is -0.395 e. The highest BCUT2D eigenvalue weighted by molar-refractivity contribution is 5.76. The van der Waals surface area contributed by atoms with Gasteiger partial charge >= 0.3 is 0 Å². The second kappa shape index (κ2) is 10.1. The van der Waals surface area contributed by atoms with Gasteiger partial charge in [-0.2, -0.15) is 0 Å². The maximum Gasteiger partial charge on any atom is 0.222 e. The highest BCUT2D eigenvalue weighted by Crippen LogP contribution is 2.05. The van der Waals surface area contributed by atoms with Crippen LogP contribution in [0.4, 0.5) is 0 Å². The van der Waals surface area contributed by atoms with E-state index in [2.05, 4.69) is 9.80 Å². The first-order valence-electron chi connectivity index (χ1n) is 8.04. The topological polar surface area (TPSA) is 47.0 Å². The van der Waals surface area contributed by atoms with Gasteiger partial charge in [-0.15, -0.1) is 0 Å². The minimum atomic E-state index is 0.248. The Labute approximate surface area is 123 Å². The van der Waals surface area contributed by atoms with Gasteiger partial charge in [0.2, 0.25) is 5.91 Å². The Kier molecular flexibility index (Phi) is 8.82. The number of aliphatic hydroxyl groups is 1. The Hall–Kier alpha value is -0.650. The average Bonchev–Trinajstić information content (AvgIpc) is 2.66. The molecule has 0 aromatic carbocycles. The summed E-state index contributed by atoms with van der Waals surface area (Å²) in [4.78, 5) is 18.6. The molecule has 0 atom stereocenters. The maximum absolute atomic E-state index is 11.9. The van der Waals surface area contributed by atoms with Crippen LogP contribution in [-0.4, -0.2) is 84.7 Å². The Morgan fingerprint density at radius 3 is 2.20 bits per heavy atom.